The fraction of sp³-hybridized carbons (Fsp3) is 0.0833. The number of nitrogens with one attached hydrogen (secondary N) is 1. The van der Waals surface area contributed by atoms with E-state index < -0.39 is 11.7 Å². The van der Waals surface area contributed by atoms with Crippen molar-refractivity contribution in [3.05, 3.63) is 95.9 Å². The number of methoxy groups -OCH3 is 1. The first-order valence-corrected chi connectivity index (χ1v) is 9.42. The molecule has 0 saturated heterocycles. The highest BCUT2D eigenvalue weighted by molar-refractivity contribution is 6.08. The standard InChI is InChI=1S/C24H20FN3O2/c1-16-8-13-21(25)22(14-16)26-24(29)20-15-28(18-6-4-3-5-7-18)27-23(20)17-9-11-19(30-2)12-10-17/h3-15H,1-2H3,(H,26,29). The van der Waals surface area contributed by atoms with E-state index in [0.717, 1.165) is 16.8 Å². The monoisotopic (exact) mass is 401 g/mol. The van der Waals surface area contributed by atoms with Crippen LogP contribution in [0.1, 0.15) is 15.9 Å². The Labute approximate surface area is 173 Å². The Morgan fingerprint density at radius 1 is 1.03 bits per heavy atom. The van der Waals surface area contributed by atoms with Gasteiger partial charge in [0.2, 0.25) is 0 Å². The van der Waals surface area contributed by atoms with Gasteiger partial charge in [0.15, 0.2) is 0 Å². The van der Waals surface area contributed by atoms with Crippen molar-refractivity contribution in [1.82, 2.24) is 9.78 Å². The van der Waals surface area contributed by atoms with E-state index in [0.29, 0.717) is 17.0 Å². The lowest BCUT2D eigenvalue weighted by Gasteiger charge is -2.08. The molecule has 30 heavy (non-hydrogen) atoms. The number of carbonyl (C=O) groups excluding carboxylic acids is 1. The van der Waals surface area contributed by atoms with Gasteiger partial charge in [0.05, 0.1) is 24.0 Å². The molecule has 0 aliphatic rings. The molecule has 150 valence electrons. The van der Waals surface area contributed by atoms with Gasteiger partial charge in [-0.1, -0.05) is 24.3 Å². The number of carbonyl (C=O) groups is 1. The summed E-state index contributed by atoms with van der Waals surface area (Å²) in [6.07, 6.45) is 1.65. The van der Waals surface area contributed by atoms with Crippen molar-refractivity contribution >= 4 is 11.6 Å². The first kappa shape index (κ1) is 19.4. The van der Waals surface area contributed by atoms with E-state index in [-0.39, 0.29) is 5.69 Å². The third kappa shape index (κ3) is 3.93. The molecule has 1 heterocycles. The number of benzene rings is 3. The molecular weight excluding hydrogens is 381 g/mol. The number of nitrogens with zero attached hydrogens (tertiary/aromatic N) is 2. The zero-order chi connectivity index (χ0) is 21.1. The van der Waals surface area contributed by atoms with Crippen LogP contribution in [0, 0.1) is 12.7 Å². The van der Waals surface area contributed by atoms with Gasteiger partial charge >= 0.3 is 0 Å². The highest BCUT2D eigenvalue weighted by Crippen LogP contribution is 2.27. The predicted octanol–water partition coefficient (Wildman–Crippen LogP) is 5.25. The zero-order valence-electron chi connectivity index (χ0n) is 16.6. The van der Waals surface area contributed by atoms with Crippen LogP contribution in [0.15, 0.2) is 79.0 Å². The Kier molecular flexibility index (Phi) is 5.30. The van der Waals surface area contributed by atoms with Crippen molar-refractivity contribution in [2.75, 3.05) is 12.4 Å². The highest BCUT2D eigenvalue weighted by Gasteiger charge is 2.20. The lowest BCUT2D eigenvalue weighted by Crippen LogP contribution is -2.13. The number of para-hydroxylation sites is 1. The fourth-order valence-electron chi connectivity index (χ4n) is 3.14. The van der Waals surface area contributed by atoms with E-state index in [9.17, 15) is 9.18 Å². The van der Waals surface area contributed by atoms with Crippen molar-refractivity contribution in [1.29, 1.82) is 0 Å². The molecule has 1 amide bonds. The zero-order valence-corrected chi connectivity index (χ0v) is 16.6. The Balaban J connectivity index is 1.77. The molecule has 6 heteroatoms. The second-order valence-electron chi connectivity index (χ2n) is 6.84. The van der Waals surface area contributed by atoms with Crippen molar-refractivity contribution in [2.24, 2.45) is 0 Å². The van der Waals surface area contributed by atoms with Crippen LogP contribution in [0.4, 0.5) is 10.1 Å². The summed E-state index contributed by atoms with van der Waals surface area (Å²) in [4.78, 5) is 13.1. The summed E-state index contributed by atoms with van der Waals surface area (Å²) >= 11 is 0. The molecule has 0 spiro atoms. The summed E-state index contributed by atoms with van der Waals surface area (Å²) in [7, 11) is 1.59. The number of rotatable bonds is 5. The minimum Gasteiger partial charge on any atom is -0.497 e. The summed E-state index contributed by atoms with van der Waals surface area (Å²) in [6, 6.07) is 21.4. The van der Waals surface area contributed by atoms with E-state index in [1.807, 2.05) is 49.4 Å². The van der Waals surface area contributed by atoms with E-state index in [1.165, 1.54) is 6.07 Å². The fourth-order valence-corrected chi connectivity index (χ4v) is 3.14. The number of aryl methyl sites for hydroxylation is 1. The third-order valence-corrected chi connectivity index (χ3v) is 4.71. The van der Waals surface area contributed by atoms with Gasteiger partial charge in [0.25, 0.3) is 5.91 Å². The van der Waals surface area contributed by atoms with E-state index >= 15 is 0 Å². The largest absolute Gasteiger partial charge is 0.497 e. The number of aromatic nitrogens is 2. The Hall–Kier alpha value is -3.93. The van der Waals surface area contributed by atoms with Gasteiger partial charge in [-0.15, -0.1) is 0 Å². The molecule has 0 bridgehead atoms. The van der Waals surface area contributed by atoms with Crippen LogP contribution in [-0.4, -0.2) is 22.8 Å². The molecule has 0 saturated carbocycles. The second kappa shape index (κ2) is 8.21. The van der Waals surface area contributed by atoms with Crippen molar-refractivity contribution in [2.45, 2.75) is 6.92 Å². The SMILES string of the molecule is COc1ccc(-c2nn(-c3ccccc3)cc2C(=O)Nc2cc(C)ccc2F)cc1. The first-order valence-electron chi connectivity index (χ1n) is 9.42. The average Bonchev–Trinajstić information content (AvgIpc) is 3.23. The second-order valence-corrected chi connectivity index (χ2v) is 6.84. The molecule has 0 atom stereocenters. The predicted molar refractivity (Wildman–Crippen MR) is 115 cm³/mol. The number of halogens is 1. The van der Waals surface area contributed by atoms with Crippen molar-refractivity contribution in [3.8, 4) is 22.7 Å². The maximum absolute atomic E-state index is 14.2. The number of anilines is 1. The van der Waals surface area contributed by atoms with Gasteiger partial charge < -0.3 is 10.1 Å². The molecule has 1 aromatic heterocycles. The molecule has 3 aromatic carbocycles. The molecule has 1 N–H and O–H groups in total. The topological polar surface area (TPSA) is 56.2 Å². The average molecular weight is 401 g/mol. The number of hydrogen-bond acceptors (Lipinski definition) is 3. The normalized spacial score (nSPS) is 10.6. The summed E-state index contributed by atoms with van der Waals surface area (Å²) in [5.74, 6) is -0.225. The van der Waals surface area contributed by atoms with Crippen LogP contribution in [0.2, 0.25) is 0 Å². The third-order valence-electron chi connectivity index (χ3n) is 4.71. The molecular formula is C24H20FN3O2. The Morgan fingerprint density at radius 3 is 2.47 bits per heavy atom. The summed E-state index contributed by atoms with van der Waals surface area (Å²) in [5.41, 5.74) is 3.38. The van der Waals surface area contributed by atoms with E-state index in [1.54, 1.807) is 42.3 Å². The first-order chi connectivity index (χ1) is 14.5. The molecule has 5 nitrogen and oxygen atoms in total. The maximum Gasteiger partial charge on any atom is 0.259 e. The van der Waals surface area contributed by atoms with E-state index in [2.05, 4.69) is 10.4 Å². The minimum absolute atomic E-state index is 0.133. The molecule has 0 radical (unpaired) electrons. The van der Waals surface area contributed by atoms with Crippen LogP contribution < -0.4 is 10.1 Å². The molecule has 4 rings (SSSR count). The summed E-state index contributed by atoms with van der Waals surface area (Å²) in [5, 5.41) is 7.30. The van der Waals surface area contributed by atoms with Crippen LogP contribution in [0.5, 0.6) is 5.75 Å². The van der Waals surface area contributed by atoms with Gasteiger partial charge in [-0.05, 0) is 61.0 Å². The Bertz CT molecular complexity index is 1190. The van der Waals surface area contributed by atoms with Gasteiger partial charge in [-0.2, -0.15) is 5.10 Å². The number of hydrogen-bond donors (Lipinski definition) is 1. The van der Waals surface area contributed by atoms with Crippen molar-refractivity contribution < 1.29 is 13.9 Å². The summed E-state index contributed by atoms with van der Waals surface area (Å²) in [6.45, 7) is 1.84. The lowest BCUT2D eigenvalue weighted by atomic mass is 10.1. The Morgan fingerprint density at radius 2 is 1.77 bits per heavy atom. The quantitative estimate of drug-likeness (QED) is 0.497. The van der Waals surface area contributed by atoms with Crippen molar-refractivity contribution in [3.63, 3.8) is 0 Å². The highest BCUT2D eigenvalue weighted by atomic mass is 19.1. The molecule has 0 fully saturated rings. The van der Waals surface area contributed by atoms with Crippen LogP contribution >= 0.6 is 0 Å². The minimum atomic E-state index is -0.490. The molecule has 0 aliphatic heterocycles. The van der Waals surface area contributed by atoms with Gasteiger partial charge in [-0.3, -0.25) is 4.79 Å². The van der Waals surface area contributed by atoms with Gasteiger partial charge in [-0.25, -0.2) is 9.07 Å². The van der Waals surface area contributed by atoms with E-state index in [4.69, 9.17) is 4.74 Å². The smallest absolute Gasteiger partial charge is 0.259 e. The van der Waals surface area contributed by atoms with Gasteiger partial charge in [0.1, 0.15) is 17.3 Å². The van der Waals surface area contributed by atoms with Crippen LogP contribution in [0.3, 0.4) is 0 Å². The lowest BCUT2D eigenvalue weighted by molar-refractivity contribution is 0.102. The molecule has 4 aromatic rings. The maximum atomic E-state index is 14.2. The van der Waals surface area contributed by atoms with Crippen LogP contribution in [0.25, 0.3) is 16.9 Å². The summed E-state index contributed by atoms with van der Waals surface area (Å²) < 4.78 is 21.0. The molecule has 0 aliphatic carbocycles. The van der Waals surface area contributed by atoms with Crippen LogP contribution in [-0.2, 0) is 0 Å². The number of ether oxygens (including phenoxy) is 1. The van der Waals surface area contributed by atoms with Gasteiger partial charge in [0, 0.05) is 11.8 Å². The molecule has 0 unspecified atom stereocenters. The number of amides is 1.